The monoisotopic (exact) mass is 299 g/mol. The van der Waals surface area contributed by atoms with E-state index in [9.17, 15) is 0 Å². The van der Waals surface area contributed by atoms with E-state index in [0.717, 1.165) is 30.4 Å². The topological polar surface area (TPSA) is 39.7 Å². The Labute approximate surface area is 125 Å². The highest BCUT2D eigenvalue weighted by Crippen LogP contribution is 2.29. The van der Waals surface area contributed by atoms with Gasteiger partial charge < -0.3 is 19.5 Å². The van der Waals surface area contributed by atoms with Gasteiger partial charge in [0.05, 0.1) is 13.2 Å². The number of rotatable bonds is 10. The van der Waals surface area contributed by atoms with E-state index in [1.807, 2.05) is 18.2 Å². The lowest BCUT2D eigenvalue weighted by Crippen LogP contribution is -2.19. The summed E-state index contributed by atoms with van der Waals surface area (Å²) in [6.07, 6.45) is 2.57. The Balaban J connectivity index is 1.78. The zero-order chi connectivity index (χ0) is 14.2. The maximum atomic E-state index is 6.03. The van der Waals surface area contributed by atoms with Gasteiger partial charge in [0.1, 0.15) is 5.75 Å². The largest absolute Gasteiger partial charge is 0.467 e. The Morgan fingerprint density at radius 2 is 2.20 bits per heavy atom. The van der Waals surface area contributed by atoms with E-state index in [2.05, 4.69) is 5.32 Å². The molecule has 0 bridgehead atoms. The lowest BCUT2D eigenvalue weighted by Gasteiger charge is -2.13. The molecule has 4 nitrogen and oxygen atoms in total. The SMILES string of the molecule is COCCNCc1cc(Cl)ccc1OCOCC1CC1. The predicted molar refractivity (Wildman–Crippen MR) is 79.2 cm³/mol. The molecule has 0 unspecified atom stereocenters. The van der Waals surface area contributed by atoms with Crippen molar-refractivity contribution in [3.63, 3.8) is 0 Å². The summed E-state index contributed by atoms with van der Waals surface area (Å²) in [5.41, 5.74) is 1.03. The number of nitrogens with one attached hydrogen (secondary N) is 1. The van der Waals surface area contributed by atoms with Gasteiger partial charge in [0.25, 0.3) is 0 Å². The van der Waals surface area contributed by atoms with Gasteiger partial charge in [-0.3, -0.25) is 0 Å². The molecule has 0 saturated heterocycles. The average Bonchev–Trinajstić information content (AvgIpc) is 3.26. The third-order valence-electron chi connectivity index (χ3n) is 3.17. The number of hydrogen-bond acceptors (Lipinski definition) is 4. The van der Waals surface area contributed by atoms with E-state index < -0.39 is 0 Å². The van der Waals surface area contributed by atoms with Gasteiger partial charge in [0.2, 0.25) is 0 Å². The Morgan fingerprint density at radius 1 is 1.35 bits per heavy atom. The minimum absolute atomic E-state index is 0.295. The lowest BCUT2D eigenvalue weighted by molar-refractivity contribution is 0.00941. The van der Waals surface area contributed by atoms with Crippen molar-refractivity contribution in [2.45, 2.75) is 19.4 Å². The summed E-state index contributed by atoms with van der Waals surface area (Å²) in [6.45, 7) is 3.27. The zero-order valence-electron chi connectivity index (χ0n) is 11.9. The third kappa shape index (κ3) is 5.67. The van der Waals surface area contributed by atoms with Crippen LogP contribution in [0.4, 0.5) is 0 Å². The fourth-order valence-electron chi connectivity index (χ4n) is 1.83. The van der Waals surface area contributed by atoms with E-state index in [-0.39, 0.29) is 0 Å². The molecule has 1 aromatic rings. The van der Waals surface area contributed by atoms with Crippen LogP contribution in [0.2, 0.25) is 5.02 Å². The summed E-state index contributed by atoms with van der Waals surface area (Å²) in [4.78, 5) is 0. The highest BCUT2D eigenvalue weighted by atomic mass is 35.5. The summed E-state index contributed by atoms with van der Waals surface area (Å²) in [7, 11) is 1.69. The van der Waals surface area contributed by atoms with Crippen molar-refractivity contribution >= 4 is 11.6 Å². The first-order chi connectivity index (χ1) is 9.79. The summed E-state index contributed by atoms with van der Waals surface area (Å²) >= 11 is 6.03. The first kappa shape index (κ1) is 15.6. The van der Waals surface area contributed by atoms with E-state index in [1.165, 1.54) is 12.8 Å². The fourth-order valence-corrected chi connectivity index (χ4v) is 2.02. The Bertz CT molecular complexity index is 410. The molecule has 0 radical (unpaired) electrons. The Morgan fingerprint density at radius 3 is 2.95 bits per heavy atom. The van der Waals surface area contributed by atoms with Gasteiger partial charge in [-0.25, -0.2) is 0 Å². The highest BCUT2D eigenvalue weighted by Gasteiger charge is 2.21. The molecule has 5 heteroatoms. The Hall–Kier alpha value is -0.810. The molecular weight excluding hydrogens is 278 g/mol. The van der Waals surface area contributed by atoms with E-state index in [0.29, 0.717) is 25.0 Å². The van der Waals surface area contributed by atoms with E-state index in [1.54, 1.807) is 7.11 Å². The summed E-state index contributed by atoms with van der Waals surface area (Å²) in [5, 5.41) is 3.99. The van der Waals surface area contributed by atoms with E-state index >= 15 is 0 Å². The molecule has 20 heavy (non-hydrogen) atoms. The van der Waals surface area contributed by atoms with Crippen LogP contribution in [0.1, 0.15) is 18.4 Å². The number of hydrogen-bond donors (Lipinski definition) is 1. The van der Waals surface area contributed by atoms with Gasteiger partial charge in [-0.2, -0.15) is 0 Å². The smallest absolute Gasteiger partial charge is 0.189 e. The van der Waals surface area contributed by atoms with Crippen LogP contribution in [0, 0.1) is 5.92 Å². The molecule has 1 fully saturated rings. The second-order valence-electron chi connectivity index (χ2n) is 5.00. The van der Waals surface area contributed by atoms with Crippen LogP contribution in [-0.2, 0) is 16.0 Å². The number of halogens is 1. The van der Waals surface area contributed by atoms with Gasteiger partial charge in [-0.15, -0.1) is 0 Å². The molecule has 0 amide bonds. The van der Waals surface area contributed by atoms with Crippen molar-refractivity contribution in [2.24, 2.45) is 5.92 Å². The molecule has 112 valence electrons. The maximum Gasteiger partial charge on any atom is 0.189 e. The molecule has 0 atom stereocenters. The number of ether oxygens (including phenoxy) is 3. The maximum absolute atomic E-state index is 6.03. The molecule has 1 aromatic carbocycles. The molecule has 0 heterocycles. The van der Waals surface area contributed by atoms with Crippen molar-refractivity contribution < 1.29 is 14.2 Å². The second-order valence-corrected chi connectivity index (χ2v) is 5.43. The summed E-state index contributed by atoms with van der Waals surface area (Å²) in [5.74, 6) is 1.56. The summed E-state index contributed by atoms with van der Waals surface area (Å²) in [6, 6.07) is 5.63. The van der Waals surface area contributed by atoms with Gasteiger partial charge in [0, 0.05) is 30.8 Å². The van der Waals surface area contributed by atoms with Crippen molar-refractivity contribution in [3.8, 4) is 5.75 Å². The van der Waals surface area contributed by atoms with Crippen molar-refractivity contribution in [3.05, 3.63) is 28.8 Å². The molecule has 1 aliphatic carbocycles. The molecule has 1 aliphatic rings. The minimum Gasteiger partial charge on any atom is -0.467 e. The molecule has 1 saturated carbocycles. The predicted octanol–water partition coefficient (Wildman–Crippen LogP) is 2.84. The van der Waals surface area contributed by atoms with Crippen LogP contribution in [0.5, 0.6) is 5.75 Å². The van der Waals surface area contributed by atoms with Crippen LogP contribution in [0.3, 0.4) is 0 Å². The Kier molecular flexibility index (Phi) is 6.60. The van der Waals surface area contributed by atoms with Crippen LogP contribution < -0.4 is 10.1 Å². The van der Waals surface area contributed by atoms with Crippen molar-refractivity contribution in [1.82, 2.24) is 5.32 Å². The van der Waals surface area contributed by atoms with E-state index in [4.69, 9.17) is 25.8 Å². The molecule has 1 N–H and O–H groups in total. The third-order valence-corrected chi connectivity index (χ3v) is 3.40. The van der Waals surface area contributed by atoms with Gasteiger partial charge in [-0.1, -0.05) is 11.6 Å². The fraction of sp³-hybridized carbons (Fsp3) is 0.600. The average molecular weight is 300 g/mol. The number of methoxy groups -OCH3 is 1. The molecule has 0 aromatic heterocycles. The molecule has 0 spiro atoms. The minimum atomic E-state index is 0.295. The molecule has 2 rings (SSSR count). The molecule has 0 aliphatic heterocycles. The lowest BCUT2D eigenvalue weighted by atomic mass is 10.2. The van der Waals surface area contributed by atoms with Crippen LogP contribution in [-0.4, -0.2) is 33.7 Å². The first-order valence-corrected chi connectivity index (χ1v) is 7.36. The normalized spacial score (nSPS) is 14.5. The van der Waals surface area contributed by atoms with Crippen molar-refractivity contribution in [1.29, 1.82) is 0 Å². The van der Waals surface area contributed by atoms with Crippen LogP contribution in [0.15, 0.2) is 18.2 Å². The summed E-state index contributed by atoms with van der Waals surface area (Å²) < 4.78 is 16.2. The van der Waals surface area contributed by atoms with Gasteiger partial charge in [0.15, 0.2) is 6.79 Å². The second kappa shape index (κ2) is 8.47. The van der Waals surface area contributed by atoms with Gasteiger partial charge in [-0.05, 0) is 37.0 Å². The van der Waals surface area contributed by atoms with Crippen LogP contribution >= 0.6 is 11.6 Å². The zero-order valence-corrected chi connectivity index (χ0v) is 12.6. The van der Waals surface area contributed by atoms with Gasteiger partial charge >= 0.3 is 0 Å². The first-order valence-electron chi connectivity index (χ1n) is 6.98. The standard InChI is InChI=1S/C15H22ClNO3/c1-18-7-6-17-9-13-8-14(16)4-5-15(13)20-11-19-10-12-2-3-12/h4-5,8,12,17H,2-3,6-7,9-11H2,1H3. The quantitative estimate of drug-likeness (QED) is 0.533. The molecular formula is C15H22ClNO3. The van der Waals surface area contributed by atoms with Crippen molar-refractivity contribution in [2.75, 3.05) is 33.7 Å². The van der Waals surface area contributed by atoms with Crippen LogP contribution in [0.25, 0.3) is 0 Å². The highest BCUT2D eigenvalue weighted by molar-refractivity contribution is 6.30. The number of benzene rings is 1.